The number of fused-ring (bicyclic) bond motifs is 6. The summed E-state index contributed by atoms with van der Waals surface area (Å²) in [5, 5.41) is 7.14. The molecule has 0 saturated heterocycles. The highest BCUT2D eigenvalue weighted by atomic mass is 16.3. The second-order valence-corrected chi connectivity index (χ2v) is 15.2. The zero-order valence-corrected chi connectivity index (χ0v) is 32.0. The zero-order chi connectivity index (χ0) is 38.4. The van der Waals surface area contributed by atoms with Gasteiger partial charge in [0, 0.05) is 33.1 Å². The molecule has 0 unspecified atom stereocenters. The van der Waals surface area contributed by atoms with Crippen LogP contribution in [0.1, 0.15) is 24.0 Å². The van der Waals surface area contributed by atoms with Crippen molar-refractivity contribution in [3.8, 4) is 22.3 Å². The van der Waals surface area contributed by atoms with E-state index in [4.69, 9.17) is 4.42 Å². The molecule has 274 valence electrons. The van der Waals surface area contributed by atoms with E-state index in [1.165, 1.54) is 49.7 Å². The lowest BCUT2D eigenvalue weighted by atomic mass is 9.88. The van der Waals surface area contributed by atoms with E-state index in [2.05, 4.69) is 211 Å². The Morgan fingerprint density at radius 1 is 0.362 bits per heavy atom. The first-order chi connectivity index (χ1) is 28.8. The van der Waals surface area contributed by atoms with Crippen LogP contribution in [0.15, 0.2) is 217 Å². The Kier molecular flexibility index (Phi) is 8.33. The Hall–Kier alpha value is -7.42. The topological polar surface area (TPSA) is 16.4 Å². The maximum absolute atomic E-state index is 6.51. The normalized spacial score (nSPS) is 12.9. The van der Waals surface area contributed by atoms with Gasteiger partial charge in [-0.05, 0) is 110 Å². The summed E-state index contributed by atoms with van der Waals surface area (Å²) < 4.78 is 6.51. The van der Waals surface area contributed by atoms with E-state index in [-0.39, 0.29) is 0 Å². The molecule has 0 aliphatic heterocycles. The van der Waals surface area contributed by atoms with Crippen LogP contribution in [0.3, 0.4) is 0 Å². The van der Waals surface area contributed by atoms with Gasteiger partial charge in [-0.25, -0.2) is 0 Å². The second-order valence-electron chi connectivity index (χ2n) is 15.2. The Bertz CT molecular complexity index is 3200. The molecule has 0 bridgehead atoms. The van der Waals surface area contributed by atoms with Crippen LogP contribution in [-0.4, -0.2) is 0 Å². The molecule has 11 rings (SSSR count). The van der Waals surface area contributed by atoms with Crippen LogP contribution in [0.25, 0.3) is 76.9 Å². The van der Waals surface area contributed by atoms with Gasteiger partial charge in [-0.2, -0.15) is 0 Å². The molecule has 0 saturated carbocycles. The number of allylic oxidation sites excluding steroid dienone is 4. The molecule has 9 aromatic carbocycles. The van der Waals surface area contributed by atoms with Gasteiger partial charge in [-0.15, -0.1) is 0 Å². The van der Waals surface area contributed by atoms with Crippen molar-refractivity contribution in [2.45, 2.75) is 12.8 Å². The number of nitrogens with zero attached hydrogens (tertiary/aromatic N) is 1. The first-order valence-electron chi connectivity index (χ1n) is 20.1. The summed E-state index contributed by atoms with van der Waals surface area (Å²) in [5.41, 5.74) is 15.2. The van der Waals surface area contributed by atoms with Gasteiger partial charge >= 0.3 is 0 Å². The predicted molar refractivity (Wildman–Crippen MR) is 246 cm³/mol. The van der Waals surface area contributed by atoms with E-state index in [1.54, 1.807) is 0 Å². The Morgan fingerprint density at radius 2 is 0.931 bits per heavy atom. The van der Waals surface area contributed by atoms with Gasteiger partial charge in [0.25, 0.3) is 0 Å². The number of furan rings is 1. The molecule has 1 heterocycles. The molecule has 0 amide bonds. The number of hydrogen-bond donors (Lipinski definition) is 0. The maximum Gasteiger partial charge on any atom is 0.143 e. The zero-order valence-electron chi connectivity index (χ0n) is 32.0. The number of hydrogen-bond acceptors (Lipinski definition) is 2. The van der Waals surface area contributed by atoms with Crippen LogP contribution in [-0.2, 0) is 0 Å². The van der Waals surface area contributed by atoms with Crippen LogP contribution in [0.2, 0.25) is 0 Å². The van der Waals surface area contributed by atoms with Crippen molar-refractivity contribution in [3.05, 3.63) is 223 Å². The average molecular weight is 742 g/mol. The summed E-state index contributed by atoms with van der Waals surface area (Å²) in [4.78, 5) is 2.41. The molecule has 1 aliphatic carbocycles. The Balaban J connectivity index is 1.03. The van der Waals surface area contributed by atoms with Crippen LogP contribution >= 0.6 is 0 Å². The Labute approximate surface area is 338 Å². The van der Waals surface area contributed by atoms with E-state index in [0.717, 1.165) is 68.2 Å². The highest BCUT2D eigenvalue weighted by Crippen LogP contribution is 2.46. The van der Waals surface area contributed by atoms with Crippen LogP contribution < -0.4 is 4.90 Å². The molecule has 0 fully saturated rings. The molecule has 0 spiro atoms. The number of anilines is 3. The molecule has 1 aromatic heterocycles. The Morgan fingerprint density at radius 3 is 1.71 bits per heavy atom. The highest BCUT2D eigenvalue weighted by molar-refractivity contribution is 6.20. The van der Waals surface area contributed by atoms with Gasteiger partial charge in [-0.1, -0.05) is 170 Å². The summed E-state index contributed by atoms with van der Waals surface area (Å²) in [6.07, 6.45) is 6.67. The van der Waals surface area contributed by atoms with E-state index < -0.39 is 0 Å². The molecule has 0 N–H and O–H groups in total. The molecule has 2 heteroatoms. The van der Waals surface area contributed by atoms with Crippen LogP contribution in [0.4, 0.5) is 17.1 Å². The van der Waals surface area contributed by atoms with E-state index in [9.17, 15) is 0 Å². The van der Waals surface area contributed by atoms with E-state index >= 15 is 0 Å². The fraction of sp³-hybridized carbons (Fsp3) is 0.0357. The van der Waals surface area contributed by atoms with Gasteiger partial charge in [-0.3, -0.25) is 0 Å². The minimum Gasteiger partial charge on any atom is -0.455 e. The lowest BCUT2D eigenvalue weighted by Gasteiger charge is -2.29. The number of benzene rings is 9. The standard InChI is InChI=1S/C56H39NO/c1-2-13-38(14-3-1)40-29-33-44(34-30-40)57(45-35-31-41(32-36-45)39-25-27-43(28-26-39)47-22-12-16-42-15-4-5-17-46(42)47)54-23-10-8-19-49(54)52-37-53-50-20-9-11-24-55(50)58-56(53)51-21-7-6-18-48(51)52/h1-25,27,29-37H,26,28H2. The van der Waals surface area contributed by atoms with E-state index in [0.29, 0.717) is 0 Å². The summed E-state index contributed by atoms with van der Waals surface area (Å²) >= 11 is 0. The highest BCUT2D eigenvalue weighted by Gasteiger charge is 2.21. The van der Waals surface area contributed by atoms with Crippen molar-refractivity contribution in [1.82, 2.24) is 0 Å². The molecule has 0 atom stereocenters. The molecule has 10 aromatic rings. The molecule has 2 nitrogen and oxygen atoms in total. The first-order valence-corrected chi connectivity index (χ1v) is 20.1. The summed E-state index contributed by atoms with van der Waals surface area (Å²) in [6, 6.07) is 72.2. The van der Waals surface area contributed by atoms with Crippen LogP contribution in [0, 0.1) is 0 Å². The lowest BCUT2D eigenvalue weighted by molar-refractivity contribution is 0.672. The quantitative estimate of drug-likeness (QED) is 0.162. The van der Waals surface area contributed by atoms with Gasteiger partial charge < -0.3 is 9.32 Å². The second kappa shape index (κ2) is 14.3. The fourth-order valence-corrected chi connectivity index (χ4v) is 8.96. The maximum atomic E-state index is 6.51. The average Bonchev–Trinajstić information content (AvgIpc) is 3.69. The fourth-order valence-electron chi connectivity index (χ4n) is 8.96. The van der Waals surface area contributed by atoms with Crippen molar-refractivity contribution < 1.29 is 4.42 Å². The van der Waals surface area contributed by atoms with Crippen molar-refractivity contribution in [2.75, 3.05) is 4.90 Å². The van der Waals surface area contributed by atoms with Gasteiger partial charge in [0.05, 0.1) is 5.69 Å². The monoisotopic (exact) mass is 741 g/mol. The molecule has 0 radical (unpaired) electrons. The van der Waals surface area contributed by atoms with Gasteiger partial charge in [0.15, 0.2) is 0 Å². The van der Waals surface area contributed by atoms with Gasteiger partial charge in [0.2, 0.25) is 0 Å². The van der Waals surface area contributed by atoms with Crippen LogP contribution in [0.5, 0.6) is 0 Å². The van der Waals surface area contributed by atoms with Crippen molar-refractivity contribution in [1.29, 1.82) is 0 Å². The smallest absolute Gasteiger partial charge is 0.143 e. The largest absolute Gasteiger partial charge is 0.455 e. The van der Waals surface area contributed by atoms with E-state index in [1.807, 2.05) is 6.07 Å². The third kappa shape index (κ3) is 5.90. The SMILES string of the molecule is C1=C(c2ccc(N(c3ccc(-c4ccccc4)cc3)c3ccccc3-c3cc4c5ccccc5oc4c4ccccc34)cc2)CCC(c2cccc3ccccc23)=C1. The van der Waals surface area contributed by atoms with Crippen molar-refractivity contribution in [3.63, 3.8) is 0 Å². The minimum atomic E-state index is 0.904. The van der Waals surface area contributed by atoms with Gasteiger partial charge in [0.1, 0.15) is 11.2 Å². The molecule has 1 aliphatic rings. The first kappa shape index (κ1) is 33.9. The summed E-state index contributed by atoms with van der Waals surface area (Å²) in [6.45, 7) is 0. The summed E-state index contributed by atoms with van der Waals surface area (Å²) in [5.74, 6) is 0. The molecule has 58 heavy (non-hydrogen) atoms. The van der Waals surface area contributed by atoms with Crippen molar-refractivity contribution >= 4 is 71.7 Å². The predicted octanol–water partition coefficient (Wildman–Crippen LogP) is 16.0. The summed E-state index contributed by atoms with van der Waals surface area (Å²) in [7, 11) is 0. The molecular weight excluding hydrogens is 703 g/mol. The molecular formula is C56H39NO. The third-order valence-electron chi connectivity index (χ3n) is 11.8. The lowest BCUT2D eigenvalue weighted by Crippen LogP contribution is -2.11. The van der Waals surface area contributed by atoms with Crippen molar-refractivity contribution in [2.24, 2.45) is 0 Å². The number of para-hydroxylation sites is 2. The number of rotatable bonds is 7. The minimum absolute atomic E-state index is 0.904. The third-order valence-corrected chi connectivity index (χ3v) is 11.8.